The second-order valence-electron chi connectivity index (χ2n) is 5.14. The number of alkyl halides is 6. The van der Waals surface area contributed by atoms with Crippen molar-refractivity contribution in [3.05, 3.63) is 24.3 Å². The number of halogens is 6. The van der Waals surface area contributed by atoms with Gasteiger partial charge in [0.05, 0.1) is 0 Å². The normalized spacial score (nSPS) is 21.1. The van der Waals surface area contributed by atoms with E-state index in [0.717, 1.165) is 24.3 Å². The predicted octanol–water partition coefficient (Wildman–Crippen LogP) is 3.45. The summed E-state index contributed by atoms with van der Waals surface area (Å²) < 4.78 is 78.8. The lowest BCUT2D eigenvalue weighted by molar-refractivity contribution is -0.296. The number of hydrogen-bond acceptors (Lipinski definition) is 4. The number of aliphatic hydroxyl groups is 1. The molecular formula is C13H11F6N3O3. The molecule has 1 atom stereocenters. The summed E-state index contributed by atoms with van der Waals surface area (Å²) in [4.78, 5) is 12.0. The van der Waals surface area contributed by atoms with Gasteiger partial charge < -0.3 is 15.2 Å². The standard InChI is InChI=1S/C13H11F6N3O3/c1-7-6-11(24,12(14,15)16)22(21-7)10(23)20-8-2-4-9(5-3-8)25-13(17,18)19/h2-5,24H,6H2,1H3,(H,20,23). The summed E-state index contributed by atoms with van der Waals surface area (Å²) in [5.41, 5.74) is -3.74. The van der Waals surface area contributed by atoms with Gasteiger partial charge in [-0.05, 0) is 31.2 Å². The van der Waals surface area contributed by atoms with Crippen LogP contribution in [0, 0.1) is 0 Å². The fourth-order valence-corrected chi connectivity index (χ4v) is 2.07. The van der Waals surface area contributed by atoms with Crippen LogP contribution in [0.4, 0.5) is 36.8 Å². The second-order valence-corrected chi connectivity index (χ2v) is 5.14. The highest BCUT2D eigenvalue weighted by Gasteiger charge is 2.62. The number of urea groups is 1. The van der Waals surface area contributed by atoms with Crippen LogP contribution in [-0.2, 0) is 0 Å². The van der Waals surface area contributed by atoms with Gasteiger partial charge in [-0.2, -0.15) is 23.3 Å². The zero-order valence-electron chi connectivity index (χ0n) is 12.4. The average molecular weight is 371 g/mol. The number of ether oxygens (including phenoxy) is 1. The Morgan fingerprint density at radius 2 is 1.80 bits per heavy atom. The molecule has 0 aromatic heterocycles. The van der Waals surface area contributed by atoms with Crippen molar-refractivity contribution in [1.82, 2.24) is 5.01 Å². The van der Waals surface area contributed by atoms with Gasteiger partial charge in [-0.3, -0.25) is 0 Å². The Balaban J connectivity index is 2.13. The number of benzene rings is 1. The molecule has 2 N–H and O–H groups in total. The minimum Gasteiger partial charge on any atom is -0.406 e. The van der Waals surface area contributed by atoms with Crippen LogP contribution in [0.25, 0.3) is 0 Å². The van der Waals surface area contributed by atoms with Crippen molar-refractivity contribution in [1.29, 1.82) is 0 Å². The average Bonchev–Trinajstić information content (AvgIpc) is 2.75. The zero-order chi connectivity index (χ0) is 19.0. The number of anilines is 1. The van der Waals surface area contributed by atoms with Crippen LogP contribution in [0.15, 0.2) is 29.4 Å². The lowest BCUT2D eigenvalue weighted by Gasteiger charge is -2.32. The van der Waals surface area contributed by atoms with Crippen molar-refractivity contribution in [2.24, 2.45) is 5.10 Å². The van der Waals surface area contributed by atoms with Crippen molar-refractivity contribution in [2.75, 3.05) is 5.32 Å². The molecule has 0 bridgehead atoms. The van der Waals surface area contributed by atoms with Crippen LogP contribution in [0.1, 0.15) is 13.3 Å². The lowest BCUT2D eigenvalue weighted by atomic mass is 10.1. The molecule has 25 heavy (non-hydrogen) atoms. The maximum Gasteiger partial charge on any atom is 0.573 e. The van der Waals surface area contributed by atoms with Gasteiger partial charge in [-0.1, -0.05) is 0 Å². The summed E-state index contributed by atoms with van der Waals surface area (Å²) in [6.45, 7) is 1.20. The first kappa shape index (κ1) is 18.8. The van der Waals surface area contributed by atoms with Crippen molar-refractivity contribution in [2.45, 2.75) is 31.6 Å². The minimum atomic E-state index is -5.16. The highest BCUT2D eigenvalue weighted by atomic mass is 19.4. The number of carbonyl (C=O) groups is 1. The molecule has 12 heteroatoms. The number of nitrogens with zero attached hydrogens (tertiary/aromatic N) is 2. The lowest BCUT2D eigenvalue weighted by Crippen LogP contribution is -2.57. The van der Waals surface area contributed by atoms with Crippen LogP contribution in [0.3, 0.4) is 0 Å². The molecule has 2 amide bonds. The van der Waals surface area contributed by atoms with Gasteiger partial charge in [-0.15, -0.1) is 13.2 Å². The maximum absolute atomic E-state index is 13.0. The SMILES string of the molecule is CC1=NN(C(=O)Nc2ccc(OC(F)(F)F)cc2)C(O)(C(F)(F)F)C1. The zero-order valence-corrected chi connectivity index (χ0v) is 12.4. The molecule has 0 fully saturated rings. The summed E-state index contributed by atoms with van der Waals surface area (Å²) in [6.07, 6.45) is -11.0. The third-order valence-electron chi connectivity index (χ3n) is 3.11. The monoisotopic (exact) mass is 371 g/mol. The van der Waals surface area contributed by atoms with Crippen LogP contribution in [0.2, 0.25) is 0 Å². The highest BCUT2D eigenvalue weighted by Crippen LogP contribution is 2.40. The quantitative estimate of drug-likeness (QED) is 0.782. The molecule has 0 saturated heterocycles. The van der Waals surface area contributed by atoms with Gasteiger partial charge in [0.15, 0.2) is 0 Å². The fourth-order valence-electron chi connectivity index (χ4n) is 2.07. The van der Waals surface area contributed by atoms with E-state index in [2.05, 4.69) is 9.84 Å². The molecule has 1 aromatic carbocycles. The van der Waals surface area contributed by atoms with E-state index in [9.17, 15) is 36.2 Å². The topological polar surface area (TPSA) is 74.2 Å². The summed E-state index contributed by atoms with van der Waals surface area (Å²) >= 11 is 0. The Hall–Kier alpha value is -2.50. The van der Waals surface area contributed by atoms with E-state index >= 15 is 0 Å². The minimum absolute atomic E-state index is 0.121. The van der Waals surface area contributed by atoms with E-state index in [1.54, 1.807) is 0 Å². The molecule has 1 unspecified atom stereocenters. The smallest absolute Gasteiger partial charge is 0.406 e. The number of rotatable bonds is 2. The summed E-state index contributed by atoms with van der Waals surface area (Å²) in [5, 5.41) is 15.0. The first-order chi connectivity index (χ1) is 11.3. The predicted molar refractivity (Wildman–Crippen MR) is 72.7 cm³/mol. The van der Waals surface area contributed by atoms with E-state index < -0.39 is 36.5 Å². The largest absolute Gasteiger partial charge is 0.573 e. The van der Waals surface area contributed by atoms with Gasteiger partial charge in [0, 0.05) is 17.8 Å². The molecule has 1 aliphatic rings. The molecule has 0 radical (unpaired) electrons. The molecule has 1 aromatic rings. The Morgan fingerprint density at radius 3 is 2.28 bits per heavy atom. The van der Waals surface area contributed by atoms with Crippen molar-refractivity contribution in [3.63, 3.8) is 0 Å². The number of amides is 2. The van der Waals surface area contributed by atoms with Crippen molar-refractivity contribution in [3.8, 4) is 5.75 Å². The Bertz CT molecular complexity index is 686. The van der Waals surface area contributed by atoms with E-state index in [1.807, 2.05) is 5.32 Å². The molecule has 2 rings (SSSR count). The molecule has 1 heterocycles. The molecule has 138 valence electrons. The van der Waals surface area contributed by atoms with Crippen molar-refractivity contribution < 1.29 is 41.0 Å². The van der Waals surface area contributed by atoms with Gasteiger partial charge in [0.2, 0.25) is 0 Å². The van der Waals surface area contributed by atoms with Crippen LogP contribution in [0.5, 0.6) is 5.75 Å². The van der Waals surface area contributed by atoms with Gasteiger partial charge in [-0.25, -0.2) is 4.79 Å². The van der Waals surface area contributed by atoms with Gasteiger partial charge in [0.1, 0.15) is 5.75 Å². The molecule has 0 spiro atoms. The van der Waals surface area contributed by atoms with Crippen LogP contribution >= 0.6 is 0 Å². The third-order valence-corrected chi connectivity index (χ3v) is 3.11. The summed E-state index contributed by atoms with van der Waals surface area (Å²) in [6, 6.07) is 2.28. The Kier molecular flexibility index (Phi) is 4.59. The van der Waals surface area contributed by atoms with E-state index in [1.165, 1.54) is 6.92 Å². The molecule has 0 saturated carbocycles. The van der Waals surface area contributed by atoms with E-state index in [0.29, 0.717) is 0 Å². The third kappa shape index (κ3) is 4.13. The Morgan fingerprint density at radius 1 is 1.24 bits per heavy atom. The van der Waals surface area contributed by atoms with Crippen LogP contribution < -0.4 is 10.1 Å². The first-order valence-electron chi connectivity index (χ1n) is 6.62. The molecule has 0 aliphatic carbocycles. The van der Waals surface area contributed by atoms with Crippen molar-refractivity contribution >= 4 is 17.4 Å². The summed E-state index contributed by atoms with van der Waals surface area (Å²) in [5.74, 6) is -0.577. The first-order valence-corrected chi connectivity index (χ1v) is 6.62. The van der Waals surface area contributed by atoms with E-state index in [-0.39, 0.29) is 16.4 Å². The second kappa shape index (κ2) is 6.10. The number of carbonyl (C=O) groups excluding carboxylic acids is 1. The number of nitrogens with one attached hydrogen (secondary N) is 1. The summed E-state index contributed by atoms with van der Waals surface area (Å²) in [7, 11) is 0. The number of hydrazone groups is 1. The Labute approximate surface area is 136 Å². The maximum atomic E-state index is 13.0. The van der Waals surface area contributed by atoms with Crippen LogP contribution in [-0.4, -0.2) is 40.1 Å². The van der Waals surface area contributed by atoms with E-state index in [4.69, 9.17) is 0 Å². The fraction of sp³-hybridized carbons (Fsp3) is 0.385. The molecule has 1 aliphatic heterocycles. The molecule has 6 nitrogen and oxygen atoms in total. The van der Waals surface area contributed by atoms with Gasteiger partial charge in [0.25, 0.3) is 5.72 Å². The van der Waals surface area contributed by atoms with Gasteiger partial charge >= 0.3 is 18.6 Å². The molecular weight excluding hydrogens is 360 g/mol. The number of hydrogen-bond donors (Lipinski definition) is 2. The highest BCUT2D eigenvalue weighted by molar-refractivity contribution is 5.94.